The quantitative estimate of drug-likeness (QED) is 0.617. The monoisotopic (exact) mass is 405 g/mol. The summed E-state index contributed by atoms with van der Waals surface area (Å²) in [4.78, 5) is 5.61. The Labute approximate surface area is 166 Å². The van der Waals surface area contributed by atoms with Gasteiger partial charge in [0.15, 0.2) is 0 Å². The van der Waals surface area contributed by atoms with E-state index in [1.807, 2.05) is 30.3 Å². The summed E-state index contributed by atoms with van der Waals surface area (Å²) in [6, 6.07) is 11.5. The number of thioether (sulfide) groups is 1. The van der Waals surface area contributed by atoms with Gasteiger partial charge in [-0.1, -0.05) is 34.4 Å². The highest BCUT2D eigenvalue weighted by molar-refractivity contribution is 7.98. The molecule has 0 saturated heterocycles. The van der Waals surface area contributed by atoms with Gasteiger partial charge in [0.1, 0.15) is 0 Å². The number of nitrogens with zero attached hydrogens (tertiary/aromatic N) is 2. The summed E-state index contributed by atoms with van der Waals surface area (Å²) in [5.41, 5.74) is 3.59. The number of rotatable bonds is 4. The molecule has 0 aliphatic carbocycles. The van der Waals surface area contributed by atoms with Crippen molar-refractivity contribution in [1.29, 1.82) is 0 Å². The predicted octanol–water partition coefficient (Wildman–Crippen LogP) is 5.02. The van der Waals surface area contributed by atoms with E-state index in [-0.39, 0.29) is 0 Å². The molecule has 4 rings (SSSR count). The van der Waals surface area contributed by atoms with Gasteiger partial charge in [-0.15, -0.1) is 11.8 Å². The normalized spacial score (nSPS) is 14.1. The van der Waals surface area contributed by atoms with Gasteiger partial charge in [-0.05, 0) is 67.4 Å². The van der Waals surface area contributed by atoms with Crippen molar-refractivity contribution in [3.05, 3.63) is 63.5 Å². The molecule has 2 heterocycles. The molecule has 3 aromatic rings. The van der Waals surface area contributed by atoms with E-state index >= 15 is 0 Å². The molecule has 0 atom stereocenters. The topological polar surface area (TPSA) is 51.0 Å². The lowest BCUT2D eigenvalue weighted by atomic mass is 10.0. The summed E-state index contributed by atoms with van der Waals surface area (Å²) in [6.45, 7) is 1.98. The predicted molar refractivity (Wildman–Crippen MR) is 106 cm³/mol. The molecule has 26 heavy (non-hydrogen) atoms. The average molecular weight is 406 g/mol. The van der Waals surface area contributed by atoms with Crippen LogP contribution in [0.1, 0.15) is 17.0 Å². The van der Waals surface area contributed by atoms with Crippen LogP contribution in [0, 0.1) is 0 Å². The fourth-order valence-electron chi connectivity index (χ4n) is 3.03. The van der Waals surface area contributed by atoms with Crippen LogP contribution < -0.4 is 5.32 Å². The number of hydrogen-bond donors (Lipinski definition) is 1. The molecule has 0 radical (unpaired) electrons. The molecule has 134 valence electrons. The van der Waals surface area contributed by atoms with Crippen LogP contribution in [0.3, 0.4) is 0 Å². The van der Waals surface area contributed by atoms with Crippen LogP contribution in [0.15, 0.2) is 45.8 Å². The third kappa shape index (κ3) is 3.91. The van der Waals surface area contributed by atoms with Crippen LogP contribution in [-0.4, -0.2) is 23.2 Å². The van der Waals surface area contributed by atoms with Crippen LogP contribution in [-0.2, 0) is 18.6 Å². The summed E-state index contributed by atoms with van der Waals surface area (Å²) in [5, 5.41) is 8.97. The van der Waals surface area contributed by atoms with E-state index in [0.717, 1.165) is 41.4 Å². The zero-order valence-corrected chi connectivity index (χ0v) is 16.3. The Hall–Kier alpha value is -1.53. The standard InChI is InChI=1S/C19H17Cl2N3OS/c20-14-4-1-13(2-5-14)19-23-17(25-24-19)11-26-18-15-8-10-22-9-7-12(15)3-6-16(18)21/h1-6,22H,7-11H2. The van der Waals surface area contributed by atoms with Crippen LogP contribution in [0.4, 0.5) is 0 Å². The fraction of sp³-hybridized carbons (Fsp3) is 0.263. The number of benzene rings is 2. The maximum atomic E-state index is 6.48. The number of aromatic nitrogens is 2. The van der Waals surface area contributed by atoms with E-state index in [4.69, 9.17) is 27.7 Å². The molecule has 2 aromatic carbocycles. The molecule has 1 aliphatic rings. The molecule has 1 aromatic heterocycles. The van der Waals surface area contributed by atoms with Crippen LogP contribution in [0.2, 0.25) is 10.0 Å². The Bertz CT molecular complexity index is 912. The van der Waals surface area contributed by atoms with Crippen LogP contribution in [0.25, 0.3) is 11.4 Å². The maximum absolute atomic E-state index is 6.48. The minimum atomic E-state index is 0.569. The van der Waals surface area contributed by atoms with Gasteiger partial charge < -0.3 is 9.84 Å². The maximum Gasteiger partial charge on any atom is 0.237 e. The Kier molecular flexibility index (Phi) is 5.50. The molecule has 0 unspecified atom stereocenters. The highest BCUT2D eigenvalue weighted by Crippen LogP contribution is 2.36. The van der Waals surface area contributed by atoms with Gasteiger partial charge in [0.05, 0.1) is 10.8 Å². The third-order valence-electron chi connectivity index (χ3n) is 4.34. The second-order valence-corrected chi connectivity index (χ2v) is 7.90. The Balaban J connectivity index is 1.52. The van der Waals surface area contributed by atoms with E-state index in [0.29, 0.717) is 22.5 Å². The van der Waals surface area contributed by atoms with Crippen molar-refractivity contribution in [3.63, 3.8) is 0 Å². The molecule has 1 N–H and O–H groups in total. The van der Waals surface area contributed by atoms with Crippen molar-refractivity contribution in [2.45, 2.75) is 23.5 Å². The lowest BCUT2D eigenvalue weighted by Gasteiger charge is -2.12. The summed E-state index contributed by atoms with van der Waals surface area (Å²) in [6.07, 6.45) is 2.01. The first-order valence-electron chi connectivity index (χ1n) is 8.43. The van der Waals surface area contributed by atoms with E-state index in [9.17, 15) is 0 Å². The van der Waals surface area contributed by atoms with Gasteiger partial charge in [0.25, 0.3) is 0 Å². The molecular formula is C19H17Cl2N3OS. The Morgan fingerprint density at radius 3 is 2.69 bits per heavy atom. The van der Waals surface area contributed by atoms with E-state index in [1.165, 1.54) is 11.1 Å². The third-order valence-corrected chi connectivity index (χ3v) is 6.17. The zero-order valence-electron chi connectivity index (χ0n) is 14.0. The minimum Gasteiger partial charge on any atom is -0.338 e. The first-order valence-corrected chi connectivity index (χ1v) is 10.2. The lowest BCUT2D eigenvalue weighted by Crippen LogP contribution is -2.16. The molecule has 1 aliphatic heterocycles. The van der Waals surface area contributed by atoms with Crippen molar-refractivity contribution in [1.82, 2.24) is 15.5 Å². The van der Waals surface area contributed by atoms with E-state index in [2.05, 4.69) is 21.5 Å². The van der Waals surface area contributed by atoms with Crippen molar-refractivity contribution in [2.75, 3.05) is 13.1 Å². The molecule has 7 heteroatoms. The van der Waals surface area contributed by atoms with Crippen molar-refractivity contribution in [3.8, 4) is 11.4 Å². The minimum absolute atomic E-state index is 0.569. The number of nitrogens with one attached hydrogen (secondary N) is 1. The number of hydrogen-bond acceptors (Lipinski definition) is 5. The number of halogens is 2. The first kappa shape index (κ1) is 17.9. The fourth-order valence-corrected chi connectivity index (χ4v) is 4.49. The Morgan fingerprint density at radius 1 is 1.04 bits per heavy atom. The SMILES string of the molecule is Clc1ccc(-c2noc(CSc3c(Cl)ccc4c3CCNCC4)n2)cc1. The van der Waals surface area contributed by atoms with Gasteiger partial charge in [-0.2, -0.15) is 4.98 Å². The van der Waals surface area contributed by atoms with Gasteiger partial charge >= 0.3 is 0 Å². The first-order chi connectivity index (χ1) is 12.7. The highest BCUT2D eigenvalue weighted by Gasteiger charge is 2.17. The van der Waals surface area contributed by atoms with Crippen LogP contribution >= 0.6 is 35.0 Å². The van der Waals surface area contributed by atoms with Crippen molar-refractivity contribution < 1.29 is 4.52 Å². The van der Waals surface area contributed by atoms with Gasteiger partial charge in [0.2, 0.25) is 11.7 Å². The Morgan fingerprint density at radius 2 is 1.85 bits per heavy atom. The molecule has 0 amide bonds. The summed E-state index contributed by atoms with van der Waals surface area (Å²) >= 11 is 14.1. The summed E-state index contributed by atoms with van der Waals surface area (Å²) in [5.74, 6) is 1.74. The summed E-state index contributed by atoms with van der Waals surface area (Å²) < 4.78 is 5.41. The van der Waals surface area contributed by atoms with E-state index < -0.39 is 0 Å². The molecule has 4 nitrogen and oxygen atoms in total. The molecule has 0 bridgehead atoms. The van der Waals surface area contributed by atoms with Crippen LogP contribution in [0.5, 0.6) is 0 Å². The highest BCUT2D eigenvalue weighted by atomic mass is 35.5. The van der Waals surface area contributed by atoms with Gasteiger partial charge in [-0.25, -0.2) is 0 Å². The number of fused-ring (bicyclic) bond motifs is 1. The van der Waals surface area contributed by atoms with Crippen molar-refractivity contribution >= 4 is 35.0 Å². The summed E-state index contributed by atoms with van der Waals surface area (Å²) in [7, 11) is 0. The zero-order chi connectivity index (χ0) is 17.9. The smallest absolute Gasteiger partial charge is 0.237 e. The second-order valence-electron chi connectivity index (χ2n) is 6.07. The molecule has 0 spiro atoms. The lowest BCUT2D eigenvalue weighted by molar-refractivity contribution is 0.391. The molecular weight excluding hydrogens is 389 g/mol. The van der Waals surface area contributed by atoms with Gasteiger partial charge in [0, 0.05) is 15.5 Å². The largest absolute Gasteiger partial charge is 0.338 e. The second kappa shape index (κ2) is 8.01. The molecule has 0 fully saturated rings. The van der Waals surface area contributed by atoms with E-state index in [1.54, 1.807) is 11.8 Å². The van der Waals surface area contributed by atoms with Gasteiger partial charge in [-0.3, -0.25) is 0 Å². The average Bonchev–Trinajstić information content (AvgIpc) is 2.99. The van der Waals surface area contributed by atoms with Crippen molar-refractivity contribution in [2.24, 2.45) is 0 Å². The molecule has 0 saturated carbocycles.